The van der Waals surface area contributed by atoms with Crippen molar-refractivity contribution in [2.75, 3.05) is 0 Å². The van der Waals surface area contributed by atoms with Crippen molar-refractivity contribution < 1.29 is 4.79 Å². The number of rotatable bonds is 3. The summed E-state index contributed by atoms with van der Waals surface area (Å²) < 4.78 is 0. The minimum absolute atomic E-state index is 0.0900. The van der Waals surface area contributed by atoms with Crippen molar-refractivity contribution in [3.63, 3.8) is 0 Å². The van der Waals surface area contributed by atoms with Gasteiger partial charge in [-0.25, -0.2) is 0 Å². The van der Waals surface area contributed by atoms with Gasteiger partial charge in [-0.2, -0.15) is 0 Å². The molecule has 2 aliphatic heterocycles. The Morgan fingerprint density at radius 1 is 1.32 bits per heavy atom. The van der Waals surface area contributed by atoms with Gasteiger partial charge in [0.05, 0.1) is 12.0 Å². The highest BCUT2D eigenvalue weighted by atomic mass is 16.2. The van der Waals surface area contributed by atoms with Crippen LogP contribution in [0.1, 0.15) is 43.4 Å². The van der Waals surface area contributed by atoms with Crippen LogP contribution in [-0.4, -0.2) is 18.0 Å². The van der Waals surface area contributed by atoms with Gasteiger partial charge in [0.2, 0.25) is 5.91 Å². The summed E-state index contributed by atoms with van der Waals surface area (Å²) in [6.07, 6.45) is 3.40. The standard InChI is InChI=1S/C16H22N2O/c1-10-3-5-12(6-4-10)11(2)17-16(19)14-9-13-7-8-15(14)18-13/h3-6,11,13-15,18H,7-9H2,1-2H3,(H,17,19)/t11-,13?,14?,15?/m0/s1. The second-order valence-electron chi connectivity index (χ2n) is 6.03. The highest BCUT2D eigenvalue weighted by Gasteiger charge is 2.42. The van der Waals surface area contributed by atoms with Crippen LogP contribution in [0.3, 0.4) is 0 Å². The maximum absolute atomic E-state index is 12.3. The number of benzene rings is 1. The van der Waals surface area contributed by atoms with E-state index in [1.165, 1.54) is 17.5 Å². The molecule has 102 valence electrons. The first-order valence-corrected chi connectivity index (χ1v) is 7.26. The molecule has 0 saturated carbocycles. The van der Waals surface area contributed by atoms with Crippen LogP contribution in [0.2, 0.25) is 0 Å². The van der Waals surface area contributed by atoms with E-state index in [9.17, 15) is 4.79 Å². The zero-order chi connectivity index (χ0) is 13.4. The van der Waals surface area contributed by atoms with Crippen LogP contribution in [0.25, 0.3) is 0 Å². The molecule has 3 unspecified atom stereocenters. The van der Waals surface area contributed by atoms with E-state index in [1.807, 2.05) is 0 Å². The average molecular weight is 258 g/mol. The predicted octanol–water partition coefficient (Wildman–Crippen LogP) is 2.31. The Balaban J connectivity index is 1.61. The first-order valence-electron chi connectivity index (χ1n) is 7.26. The minimum atomic E-state index is 0.0900. The van der Waals surface area contributed by atoms with Gasteiger partial charge in [0, 0.05) is 12.1 Å². The summed E-state index contributed by atoms with van der Waals surface area (Å²) in [6.45, 7) is 4.14. The van der Waals surface area contributed by atoms with E-state index in [2.05, 4.69) is 48.7 Å². The molecule has 0 aliphatic carbocycles. The van der Waals surface area contributed by atoms with Gasteiger partial charge in [-0.1, -0.05) is 29.8 Å². The molecule has 1 aromatic carbocycles. The van der Waals surface area contributed by atoms with E-state index < -0.39 is 0 Å². The molecule has 2 fully saturated rings. The Labute approximate surface area is 114 Å². The van der Waals surface area contributed by atoms with Crippen molar-refractivity contribution in [1.82, 2.24) is 10.6 Å². The lowest BCUT2D eigenvalue weighted by Gasteiger charge is -2.22. The molecule has 1 aromatic rings. The maximum atomic E-state index is 12.3. The number of hydrogen-bond donors (Lipinski definition) is 2. The largest absolute Gasteiger partial charge is 0.349 e. The number of aryl methyl sites for hydroxylation is 1. The van der Waals surface area contributed by atoms with Gasteiger partial charge < -0.3 is 10.6 Å². The molecule has 2 saturated heterocycles. The summed E-state index contributed by atoms with van der Waals surface area (Å²) in [5.74, 6) is 0.388. The van der Waals surface area contributed by atoms with E-state index in [0.29, 0.717) is 12.1 Å². The number of carbonyl (C=O) groups is 1. The Hall–Kier alpha value is -1.35. The molecule has 2 aliphatic rings. The molecule has 4 atom stereocenters. The summed E-state index contributed by atoms with van der Waals surface area (Å²) in [4.78, 5) is 12.3. The lowest BCUT2D eigenvalue weighted by Crippen LogP contribution is -2.38. The second kappa shape index (κ2) is 4.97. The van der Waals surface area contributed by atoms with Crippen molar-refractivity contribution >= 4 is 5.91 Å². The van der Waals surface area contributed by atoms with Crippen LogP contribution in [0.15, 0.2) is 24.3 Å². The number of carbonyl (C=O) groups excluding carboxylic acids is 1. The van der Waals surface area contributed by atoms with Gasteiger partial charge in [0.25, 0.3) is 0 Å². The van der Waals surface area contributed by atoms with Gasteiger partial charge in [-0.05, 0) is 38.7 Å². The molecule has 3 nitrogen and oxygen atoms in total. The summed E-state index contributed by atoms with van der Waals surface area (Å²) in [5, 5.41) is 6.68. The number of hydrogen-bond acceptors (Lipinski definition) is 2. The molecule has 0 spiro atoms. The molecule has 1 amide bonds. The van der Waals surface area contributed by atoms with E-state index in [1.54, 1.807) is 0 Å². The lowest BCUT2D eigenvalue weighted by atomic mass is 9.88. The van der Waals surface area contributed by atoms with Crippen LogP contribution in [-0.2, 0) is 4.79 Å². The van der Waals surface area contributed by atoms with E-state index in [-0.39, 0.29) is 17.9 Å². The summed E-state index contributed by atoms with van der Waals surface area (Å²) >= 11 is 0. The first kappa shape index (κ1) is 12.7. The number of nitrogens with one attached hydrogen (secondary N) is 2. The third kappa shape index (κ3) is 2.52. The van der Waals surface area contributed by atoms with E-state index in [4.69, 9.17) is 0 Å². The molecule has 2 heterocycles. The molecule has 0 aromatic heterocycles. The quantitative estimate of drug-likeness (QED) is 0.873. The van der Waals surface area contributed by atoms with Crippen LogP contribution >= 0.6 is 0 Å². The van der Waals surface area contributed by atoms with E-state index in [0.717, 1.165) is 12.8 Å². The zero-order valence-electron chi connectivity index (χ0n) is 11.6. The predicted molar refractivity (Wildman–Crippen MR) is 75.8 cm³/mol. The van der Waals surface area contributed by atoms with Crippen molar-refractivity contribution in [1.29, 1.82) is 0 Å². The van der Waals surface area contributed by atoms with Crippen LogP contribution in [0, 0.1) is 12.8 Å². The highest BCUT2D eigenvalue weighted by Crippen LogP contribution is 2.33. The maximum Gasteiger partial charge on any atom is 0.225 e. The summed E-state index contributed by atoms with van der Waals surface area (Å²) in [6, 6.07) is 9.46. The topological polar surface area (TPSA) is 41.1 Å². The van der Waals surface area contributed by atoms with Gasteiger partial charge in [-0.15, -0.1) is 0 Å². The SMILES string of the molecule is Cc1ccc([C@H](C)NC(=O)C2CC3CCC2N3)cc1. The molecule has 2 bridgehead atoms. The Kier molecular flexibility index (Phi) is 3.31. The summed E-state index contributed by atoms with van der Waals surface area (Å²) in [5.41, 5.74) is 2.43. The van der Waals surface area contributed by atoms with Gasteiger partial charge in [0.1, 0.15) is 0 Å². The fraction of sp³-hybridized carbons (Fsp3) is 0.562. The molecule has 19 heavy (non-hydrogen) atoms. The third-order valence-electron chi connectivity index (χ3n) is 4.57. The smallest absolute Gasteiger partial charge is 0.225 e. The fourth-order valence-electron chi connectivity index (χ4n) is 3.37. The molecule has 0 radical (unpaired) electrons. The Morgan fingerprint density at radius 3 is 2.63 bits per heavy atom. The minimum Gasteiger partial charge on any atom is -0.349 e. The van der Waals surface area contributed by atoms with Crippen LogP contribution in [0.4, 0.5) is 0 Å². The monoisotopic (exact) mass is 258 g/mol. The molecular formula is C16H22N2O. The third-order valence-corrected chi connectivity index (χ3v) is 4.57. The van der Waals surface area contributed by atoms with Crippen molar-refractivity contribution in [2.45, 2.75) is 51.2 Å². The van der Waals surface area contributed by atoms with Gasteiger partial charge in [0.15, 0.2) is 0 Å². The average Bonchev–Trinajstić information content (AvgIpc) is 3.01. The van der Waals surface area contributed by atoms with Crippen LogP contribution in [0.5, 0.6) is 0 Å². The van der Waals surface area contributed by atoms with Gasteiger partial charge >= 0.3 is 0 Å². The van der Waals surface area contributed by atoms with Crippen LogP contribution < -0.4 is 10.6 Å². The molecule has 3 heteroatoms. The number of amides is 1. The molecule has 3 rings (SSSR count). The normalized spacial score (nSPS) is 30.3. The second-order valence-corrected chi connectivity index (χ2v) is 6.03. The molecule has 2 N–H and O–H groups in total. The summed E-state index contributed by atoms with van der Waals surface area (Å²) in [7, 11) is 0. The van der Waals surface area contributed by atoms with Crippen molar-refractivity contribution in [3.8, 4) is 0 Å². The first-order chi connectivity index (χ1) is 9.13. The lowest BCUT2D eigenvalue weighted by molar-refractivity contribution is -0.126. The molecular weight excluding hydrogens is 236 g/mol. The van der Waals surface area contributed by atoms with Gasteiger partial charge in [-0.3, -0.25) is 4.79 Å². The highest BCUT2D eigenvalue weighted by molar-refractivity contribution is 5.80. The Morgan fingerprint density at radius 2 is 2.05 bits per heavy atom. The Bertz CT molecular complexity index is 468. The fourth-order valence-corrected chi connectivity index (χ4v) is 3.37. The zero-order valence-corrected chi connectivity index (χ0v) is 11.6. The number of fused-ring (bicyclic) bond motifs is 2. The van der Waals surface area contributed by atoms with E-state index >= 15 is 0 Å². The van der Waals surface area contributed by atoms with Crippen molar-refractivity contribution in [2.24, 2.45) is 5.92 Å². The van der Waals surface area contributed by atoms with Crippen molar-refractivity contribution in [3.05, 3.63) is 35.4 Å².